The molecule has 4 nitrogen and oxygen atoms in total. The number of nitrogen functional groups attached to an aromatic ring is 1. The number of carbonyl (C=O) groups excluding carboxylic acids is 1. The highest BCUT2D eigenvalue weighted by Gasteiger charge is 2.30. The minimum Gasteiger partial charge on any atom is -0.397 e. The molecule has 142 valence electrons. The number of carbonyl (C=O) groups is 1. The summed E-state index contributed by atoms with van der Waals surface area (Å²) in [5.41, 5.74) is 6.67. The standard InChI is InChI=1S/C19H12F3N3OS2/c20-19(21,22)10-3-5-11(6-4-10)24-17(26)16-15(23)12-7-8-13(25-18(12)28-16)14-2-1-9-27-14/h1-9H,23H2,(H,24,26). The Labute approximate surface area is 165 Å². The van der Waals surface area contributed by atoms with Gasteiger partial charge in [0.1, 0.15) is 9.71 Å². The molecule has 0 radical (unpaired) electrons. The molecule has 3 N–H and O–H groups in total. The van der Waals surface area contributed by atoms with Gasteiger partial charge in [0.25, 0.3) is 5.91 Å². The number of nitrogens with two attached hydrogens (primary N) is 1. The summed E-state index contributed by atoms with van der Waals surface area (Å²) >= 11 is 2.70. The number of rotatable bonds is 3. The molecule has 3 aromatic heterocycles. The number of nitrogens with zero attached hydrogens (tertiary/aromatic N) is 1. The Morgan fingerprint density at radius 3 is 2.46 bits per heavy atom. The van der Waals surface area contributed by atoms with E-state index in [2.05, 4.69) is 10.3 Å². The van der Waals surface area contributed by atoms with Gasteiger partial charge in [0.05, 0.1) is 21.8 Å². The number of fused-ring (bicyclic) bond motifs is 1. The summed E-state index contributed by atoms with van der Waals surface area (Å²) in [6.07, 6.45) is -4.43. The lowest BCUT2D eigenvalue weighted by Gasteiger charge is -2.08. The Kier molecular flexibility index (Phi) is 4.56. The van der Waals surface area contributed by atoms with Gasteiger partial charge in [-0.15, -0.1) is 22.7 Å². The molecule has 1 aromatic carbocycles. The lowest BCUT2D eigenvalue weighted by atomic mass is 10.2. The molecular weight excluding hydrogens is 407 g/mol. The number of thiophene rings is 2. The van der Waals surface area contributed by atoms with Crippen LogP contribution in [0.1, 0.15) is 15.2 Å². The monoisotopic (exact) mass is 419 g/mol. The zero-order chi connectivity index (χ0) is 19.9. The molecule has 9 heteroatoms. The van der Waals surface area contributed by atoms with Crippen molar-refractivity contribution in [3.8, 4) is 10.6 Å². The molecular formula is C19H12F3N3OS2. The smallest absolute Gasteiger partial charge is 0.397 e. The summed E-state index contributed by atoms with van der Waals surface area (Å²) in [6.45, 7) is 0. The number of alkyl halides is 3. The van der Waals surface area contributed by atoms with Crippen LogP contribution in [0.15, 0.2) is 53.9 Å². The van der Waals surface area contributed by atoms with Crippen molar-refractivity contribution in [3.63, 3.8) is 0 Å². The fourth-order valence-corrected chi connectivity index (χ4v) is 4.34. The zero-order valence-corrected chi connectivity index (χ0v) is 15.7. The molecule has 4 rings (SSSR count). The van der Waals surface area contributed by atoms with Crippen LogP contribution in [0.4, 0.5) is 24.5 Å². The highest BCUT2D eigenvalue weighted by molar-refractivity contribution is 7.21. The van der Waals surface area contributed by atoms with Gasteiger partial charge in [-0.25, -0.2) is 4.98 Å². The fraction of sp³-hybridized carbons (Fsp3) is 0.0526. The van der Waals surface area contributed by atoms with E-state index in [0.717, 1.165) is 34.0 Å². The molecule has 0 saturated carbocycles. The van der Waals surface area contributed by atoms with Gasteiger partial charge in [0.2, 0.25) is 0 Å². The molecule has 1 amide bonds. The van der Waals surface area contributed by atoms with Crippen LogP contribution in [-0.2, 0) is 6.18 Å². The molecule has 0 saturated heterocycles. The number of anilines is 2. The Balaban J connectivity index is 1.61. The molecule has 0 aliphatic carbocycles. The molecule has 0 aliphatic rings. The largest absolute Gasteiger partial charge is 0.416 e. The van der Waals surface area contributed by atoms with Crippen LogP contribution in [0.2, 0.25) is 0 Å². The van der Waals surface area contributed by atoms with Crippen LogP contribution in [0, 0.1) is 0 Å². The van der Waals surface area contributed by atoms with Gasteiger partial charge in [-0.2, -0.15) is 13.2 Å². The van der Waals surface area contributed by atoms with Crippen molar-refractivity contribution >= 4 is 50.2 Å². The molecule has 0 atom stereocenters. The Bertz CT molecular complexity index is 1150. The van der Waals surface area contributed by atoms with E-state index in [1.54, 1.807) is 11.3 Å². The maximum Gasteiger partial charge on any atom is 0.416 e. The molecule has 3 heterocycles. The van der Waals surface area contributed by atoms with Crippen molar-refractivity contribution in [2.45, 2.75) is 6.18 Å². The van der Waals surface area contributed by atoms with E-state index < -0.39 is 17.6 Å². The van der Waals surface area contributed by atoms with Gasteiger partial charge < -0.3 is 11.1 Å². The highest BCUT2D eigenvalue weighted by atomic mass is 32.1. The van der Waals surface area contributed by atoms with Crippen molar-refractivity contribution in [1.82, 2.24) is 4.98 Å². The second kappa shape index (κ2) is 6.92. The van der Waals surface area contributed by atoms with Gasteiger partial charge in [0.15, 0.2) is 0 Å². The first-order valence-electron chi connectivity index (χ1n) is 8.04. The van der Waals surface area contributed by atoms with E-state index in [0.29, 0.717) is 15.9 Å². The van der Waals surface area contributed by atoms with Crippen molar-refractivity contribution in [1.29, 1.82) is 0 Å². The van der Waals surface area contributed by atoms with Gasteiger partial charge in [-0.3, -0.25) is 4.79 Å². The first-order chi connectivity index (χ1) is 13.3. The first-order valence-corrected chi connectivity index (χ1v) is 9.74. The molecule has 0 unspecified atom stereocenters. The third-order valence-electron chi connectivity index (χ3n) is 4.04. The first kappa shape index (κ1) is 18.5. The maximum absolute atomic E-state index is 12.6. The maximum atomic E-state index is 12.6. The van der Waals surface area contributed by atoms with Gasteiger partial charge in [-0.1, -0.05) is 6.07 Å². The summed E-state index contributed by atoms with van der Waals surface area (Å²) in [4.78, 5) is 19.0. The van der Waals surface area contributed by atoms with Gasteiger partial charge in [0, 0.05) is 11.1 Å². The minimum atomic E-state index is -4.43. The average molecular weight is 419 g/mol. The second-order valence-electron chi connectivity index (χ2n) is 5.90. The van der Waals surface area contributed by atoms with E-state index in [1.807, 2.05) is 29.6 Å². The van der Waals surface area contributed by atoms with Crippen molar-refractivity contribution < 1.29 is 18.0 Å². The van der Waals surface area contributed by atoms with Gasteiger partial charge >= 0.3 is 6.18 Å². The summed E-state index contributed by atoms with van der Waals surface area (Å²) < 4.78 is 37.9. The molecule has 0 aliphatic heterocycles. The minimum absolute atomic E-state index is 0.252. The number of nitrogens with one attached hydrogen (secondary N) is 1. The van der Waals surface area contributed by atoms with E-state index in [1.165, 1.54) is 12.1 Å². The third kappa shape index (κ3) is 3.46. The second-order valence-corrected chi connectivity index (χ2v) is 7.85. The fourth-order valence-electron chi connectivity index (χ4n) is 2.66. The predicted molar refractivity (Wildman–Crippen MR) is 107 cm³/mol. The normalized spacial score (nSPS) is 11.7. The third-order valence-corrected chi connectivity index (χ3v) is 6.05. The summed E-state index contributed by atoms with van der Waals surface area (Å²) in [5.74, 6) is -0.488. The molecule has 0 fully saturated rings. The number of aromatic nitrogens is 1. The predicted octanol–water partition coefficient (Wildman–Crippen LogP) is 5.88. The topological polar surface area (TPSA) is 68.0 Å². The van der Waals surface area contributed by atoms with Crippen LogP contribution in [0.5, 0.6) is 0 Å². The number of pyridine rings is 1. The number of benzene rings is 1. The van der Waals surface area contributed by atoms with Crippen LogP contribution in [-0.4, -0.2) is 10.9 Å². The molecule has 0 bridgehead atoms. The Morgan fingerprint density at radius 1 is 1.07 bits per heavy atom. The van der Waals surface area contributed by atoms with Crippen LogP contribution in [0.25, 0.3) is 20.8 Å². The Morgan fingerprint density at radius 2 is 1.82 bits per heavy atom. The summed E-state index contributed by atoms with van der Waals surface area (Å²) in [5, 5.41) is 5.20. The molecule has 4 aromatic rings. The van der Waals surface area contributed by atoms with E-state index in [-0.39, 0.29) is 10.6 Å². The van der Waals surface area contributed by atoms with E-state index >= 15 is 0 Å². The number of hydrogen-bond donors (Lipinski definition) is 2. The quantitative estimate of drug-likeness (QED) is 0.436. The number of hydrogen-bond acceptors (Lipinski definition) is 5. The molecule has 28 heavy (non-hydrogen) atoms. The molecule has 0 spiro atoms. The zero-order valence-electron chi connectivity index (χ0n) is 14.1. The van der Waals surface area contributed by atoms with Crippen LogP contribution in [0.3, 0.4) is 0 Å². The van der Waals surface area contributed by atoms with E-state index in [9.17, 15) is 18.0 Å². The van der Waals surface area contributed by atoms with E-state index in [4.69, 9.17) is 5.73 Å². The van der Waals surface area contributed by atoms with Crippen molar-refractivity contribution in [2.75, 3.05) is 11.1 Å². The Hall–Kier alpha value is -2.91. The average Bonchev–Trinajstić information content (AvgIpc) is 3.29. The lowest BCUT2D eigenvalue weighted by Crippen LogP contribution is -2.12. The number of amides is 1. The highest BCUT2D eigenvalue weighted by Crippen LogP contribution is 2.35. The van der Waals surface area contributed by atoms with Crippen molar-refractivity contribution in [2.24, 2.45) is 0 Å². The summed E-state index contributed by atoms with van der Waals surface area (Å²) in [7, 11) is 0. The van der Waals surface area contributed by atoms with Gasteiger partial charge in [-0.05, 0) is 47.8 Å². The van der Waals surface area contributed by atoms with Crippen LogP contribution < -0.4 is 11.1 Å². The van der Waals surface area contributed by atoms with Crippen molar-refractivity contribution in [3.05, 3.63) is 64.4 Å². The van der Waals surface area contributed by atoms with Crippen LogP contribution >= 0.6 is 22.7 Å². The summed E-state index contributed by atoms with van der Waals surface area (Å²) in [6, 6.07) is 11.8. The lowest BCUT2D eigenvalue weighted by molar-refractivity contribution is -0.137. The number of halogens is 3. The SMILES string of the molecule is Nc1c(C(=O)Nc2ccc(C(F)(F)F)cc2)sc2nc(-c3cccs3)ccc12.